The van der Waals surface area contributed by atoms with E-state index in [0.717, 1.165) is 29.2 Å². The van der Waals surface area contributed by atoms with Crippen LogP contribution < -0.4 is 5.32 Å². The third-order valence-corrected chi connectivity index (χ3v) is 4.34. The number of likely N-dealkylation sites (N-methyl/N-ethyl adjacent to an activating group) is 1. The van der Waals surface area contributed by atoms with E-state index in [4.69, 9.17) is 0 Å². The molecule has 0 unspecified atom stereocenters. The van der Waals surface area contributed by atoms with Crippen molar-refractivity contribution in [2.45, 2.75) is 19.9 Å². The van der Waals surface area contributed by atoms with Crippen LogP contribution in [0.4, 0.5) is 5.82 Å². The molecule has 0 saturated carbocycles. The summed E-state index contributed by atoms with van der Waals surface area (Å²) < 4.78 is 1.78. The lowest BCUT2D eigenvalue weighted by atomic mass is 10.0. The summed E-state index contributed by atoms with van der Waals surface area (Å²) in [6, 6.07) is 8.76. The zero-order valence-electron chi connectivity index (χ0n) is 14.9. The van der Waals surface area contributed by atoms with E-state index in [2.05, 4.69) is 70.6 Å². The van der Waals surface area contributed by atoms with Crippen LogP contribution in [0.15, 0.2) is 30.5 Å². The van der Waals surface area contributed by atoms with E-state index in [0.29, 0.717) is 0 Å². The van der Waals surface area contributed by atoms with Gasteiger partial charge in [0.1, 0.15) is 11.6 Å². The zero-order chi connectivity index (χ0) is 17.3. The van der Waals surface area contributed by atoms with E-state index in [1.165, 1.54) is 11.1 Å². The van der Waals surface area contributed by atoms with Gasteiger partial charge in [-0.1, -0.05) is 24.3 Å². The SMILES string of the molecule is Cc1nc(NC[C@@H](c2ccccc2C)N(C)C)c2cnn(C)c2n1. The second kappa shape index (κ2) is 6.57. The molecule has 1 atom stereocenters. The Balaban J connectivity index is 1.90. The molecule has 6 heteroatoms. The van der Waals surface area contributed by atoms with E-state index in [1.807, 2.05) is 20.2 Å². The first-order valence-corrected chi connectivity index (χ1v) is 8.09. The highest BCUT2D eigenvalue weighted by Gasteiger charge is 2.17. The van der Waals surface area contributed by atoms with Crippen molar-refractivity contribution < 1.29 is 0 Å². The predicted octanol–water partition coefficient (Wildman–Crippen LogP) is 2.69. The number of aromatic nitrogens is 4. The van der Waals surface area contributed by atoms with Crippen LogP contribution in [0, 0.1) is 13.8 Å². The second-order valence-electron chi connectivity index (χ2n) is 6.34. The van der Waals surface area contributed by atoms with E-state index in [-0.39, 0.29) is 6.04 Å². The van der Waals surface area contributed by atoms with E-state index in [1.54, 1.807) is 4.68 Å². The van der Waals surface area contributed by atoms with Gasteiger partial charge in [-0.25, -0.2) is 9.97 Å². The number of anilines is 1. The number of hydrogen-bond acceptors (Lipinski definition) is 5. The Kier molecular flexibility index (Phi) is 4.49. The van der Waals surface area contributed by atoms with Crippen LogP contribution in [-0.2, 0) is 7.05 Å². The average Bonchev–Trinajstić information content (AvgIpc) is 2.90. The maximum absolute atomic E-state index is 4.57. The maximum atomic E-state index is 4.57. The number of aryl methyl sites for hydroxylation is 3. The third kappa shape index (κ3) is 3.10. The normalized spacial score (nSPS) is 12.8. The van der Waals surface area contributed by atoms with Gasteiger partial charge in [0.15, 0.2) is 5.65 Å². The topological polar surface area (TPSA) is 58.9 Å². The monoisotopic (exact) mass is 324 g/mol. The zero-order valence-corrected chi connectivity index (χ0v) is 14.9. The molecule has 126 valence electrons. The Bertz CT molecular complexity index is 852. The molecule has 0 fully saturated rings. The molecule has 3 aromatic rings. The van der Waals surface area contributed by atoms with Crippen molar-refractivity contribution in [2.75, 3.05) is 26.0 Å². The lowest BCUT2D eigenvalue weighted by Crippen LogP contribution is -2.27. The van der Waals surface area contributed by atoms with E-state index < -0.39 is 0 Å². The smallest absolute Gasteiger partial charge is 0.163 e. The molecule has 24 heavy (non-hydrogen) atoms. The summed E-state index contributed by atoms with van der Waals surface area (Å²) in [7, 11) is 6.10. The van der Waals surface area contributed by atoms with Crippen LogP contribution in [0.5, 0.6) is 0 Å². The molecule has 3 rings (SSSR count). The minimum atomic E-state index is 0.258. The highest BCUT2D eigenvalue weighted by atomic mass is 15.3. The Hall–Kier alpha value is -2.47. The Morgan fingerprint density at radius 2 is 1.92 bits per heavy atom. The quantitative estimate of drug-likeness (QED) is 0.782. The van der Waals surface area contributed by atoms with Crippen LogP contribution in [0.2, 0.25) is 0 Å². The van der Waals surface area contributed by atoms with Crippen molar-refractivity contribution in [3.05, 3.63) is 47.4 Å². The van der Waals surface area contributed by atoms with Gasteiger partial charge in [-0.2, -0.15) is 5.10 Å². The number of nitrogens with one attached hydrogen (secondary N) is 1. The molecule has 0 aliphatic carbocycles. The Labute approximate surface area is 142 Å². The molecule has 2 aromatic heterocycles. The molecule has 0 spiro atoms. The summed E-state index contributed by atoms with van der Waals surface area (Å²) in [5.74, 6) is 1.58. The fourth-order valence-corrected chi connectivity index (χ4v) is 2.99. The predicted molar refractivity (Wildman–Crippen MR) is 97.1 cm³/mol. The van der Waals surface area contributed by atoms with Crippen molar-refractivity contribution in [2.24, 2.45) is 7.05 Å². The minimum Gasteiger partial charge on any atom is -0.367 e. The van der Waals surface area contributed by atoms with E-state index in [9.17, 15) is 0 Å². The van der Waals surface area contributed by atoms with Crippen molar-refractivity contribution >= 4 is 16.9 Å². The molecular weight excluding hydrogens is 300 g/mol. The summed E-state index contributed by atoms with van der Waals surface area (Å²) in [5, 5.41) is 8.75. The second-order valence-corrected chi connectivity index (χ2v) is 6.34. The summed E-state index contributed by atoms with van der Waals surface area (Å²) in [5.41, 5.74) is 3.47. The van der Waals surface area contributed by atoms with Crippen molar-refractivity contribution in [3.63, 3.8) is 0 Å². The number of rotatable bonds is 5. The highest BCUT2D eigenvalue weighted by molar-refractivity contribution is 5.86. The third-order valence-electron chi connectivity index (χ3n) is 4.34. The lowest BCUT2D eigenvalue weighted by Gasteiger charge is -2.27. The fourth-order valence-electron chi connectivity index (χ4n) is 2.99. The molecule has 0 aliphatic heterocycles. The van der Waals surface area contributed by atoms with Gasteiger partial charge < -0.3 is 10.2 Å². The number of fused-ring (bicyclic) bond motifs is 1. The van der Waals surface area contributed by atoms with Crippen LogP contribution in [0.1, 0.15) is 23.0 Å². The van der Waals surface area contributed by atoms with Crippen LogP contribution in [0.25, 0.3) is 11.0 Å². The largest absolute Gasteiger partial charge is 0.367 e. The fraction of sp³-hybridized carbons (Fsp3) is 0.389. The minimum absolute atomic E-state index is 0.258. The molecule has 0 amide bonds. The van der Waals surface area contributed by atoms with Crippen molar-refractivity contribution in [1.29, 1.82) is 0 Å². The van der Waals surface area contributed by atoms with Crippen molar-refractivity contribution in [1.82, 2.24) is 24.6 Å². The standard InChI is InChI=1S/C18H24N6/c1-12-8-6-7-9-14(12)16(23(3)4)11-19-17-15-10-20-24(5)18(15)22-13(2)21-17/h6-10,16H,11H2,1-5H3,(H,19,21,22)/t16-/m0/s1. The molecule has 2 heterocycles. The molecule has 0 bridgehead atoms. The van der Waals surface area contributed by atoms with Gasteiger partial charge in [0.2, 0.25) is 0 Å². The van der Waals surface area contributed by atoms with Crippen LogP contribution in [0.3, 0.4) is 0 Å². The number of benzene rings is 1. The molecule has 0 saturated heterocycles. The van der Waals surface area contributed by atoms with Gasteiger partial charge >= 0.3 is 0 Å². The number of hydrogen-bond donors (Lipinski definition) is 1. The number of nitrogens with zero attached hydrogens (tertiary/aromatic N) is 5. The average molecular weight is 324 g/mol. The molecule has 1 N–H and O–H groups in total. The van der Waals surface area contributed by atoms with Crippen molar-refractivity contribution in [3.8, 4) is 0 Å². The molecule has 1 aromatic carbocycles. The maximum Gasteiger partial charge on any atom is 0.163 e. The van der Waals surface area contributed by atoms with Gasteiger partial charge in [-0.3, -0.25) is 4.68 Å². The first kappa shape index (κ1) is 16.4. The molecule has 6 nitrogen and oxygen atoms in total. The summed E-state index contributed by atoms with van der Waals surface area (Å²) in [4.78, 5) is 11.3. The summed E-state index contributed by atoms with van der Waals surface area (Å²) in [6.07, 6.45) is 1.82. The van der Waals surface area contributed by atoms with Gasteiger partial charge in [0.25, 0.3) is 0 Å². The Morgan fingerprint density at radius 1 is 1.17 bits per heavy atom. The Morgan fingerprint density at radius 3 is 2.62 bits per heavy atom. The lowest BCUT2D eigenvalue weighted by molar-refractivity contribution is 0.310. The van der Waals surface area contributed by atoms with Gasteiger partial charge in [-0.15, -0.1) is 0 Å². The summed E-state index contributed by atoms with van der Waals surface area (Å²) in [6.45, 7) is 4.82. The molecule has 0 radical (unpaired) electrons. The first-order valence-electron chi connectivity index (χ1n) is 8.09. The molecule has 0 aliphatic rings. The summed E-state index contributed by atoms with van der Waals surface area (Å²) >= 11 is 0. The van der Waals surface area contributed by atoms with Crippen LogP contribution in [-0.4, -0.2) is 45.3 Å². The van der Waals surface area contributed by atoms with Gasteiger partial charge in [0, 0.05) is 13.6 Å². The van der Waals surface area contributed by atoms with Gasteiger partial charge in [0.05, 0.1) is 17.6 Å². The first-order chi connectivity index (χ1) is 11.5. The van der Waals surface area contributed by atoms with E-state index >= 15 is 0 Å². The molecular formula is C18H24N6. The highest BCUT2D eigenvalue weighted by Crippen LogP contribution is 2.24. The van der Waals surface area contributed by atoms with Gasteiger partial charge in [-0.05, 0) is 39.1 Å². The van der Waals surface area contributed by atoms with Crippen LogP contribution >= 0.6 is 0 Å².